The van der Waals surface area contributed by atoms with Gasteiger partial charge in [-0.1, -0.05) is 30.3 Å². The van der Waals surface area contributed by atoms with E-state index < -0.39 is 0 Å². The van der Waals surface area contributed by atoms with Crippen LogP contribution in [-0.2, 0) is 6.54 Å². The first-order valence-electron chi connectivity index (χ1n) is 6.36. The van der Waals surface area contributed by atoms with Crippen LogP contribution in [0.4, 0.5) is 0 Å². The molecule has 0 fully saturated rings. The van der Waals surface area contributed by atoms with E-state index in [0.29, 0.717) is 19.6 Å². The van der Waals surface area contributed by atoms with Crippen molar-refractivity contribution in [3.63, 3.8) is 0 Å². The third kappa shape index (κ3) is 4.63. The van der Waals surface area contributed by atoms with Gasteiger partial charge in [-0.25, -0.2) is 0 Å². The number of halogens is 1. The highest BCUT2D eigenvalue weighted by atomic mass is 35.5. The van der Waals surface area contributed by atoms with Crippen molar-refractivity contribution in [2.24, 2.45) is 5.73 Å². The number of amides is 1. The Morgan fingerprint density at radius 1 is 1.20 bits per heavy atom. The molecule has 2 rings (SSSR count). The largest absolute Gasteiger partial charge is 0.334 e. The number of rotatable bonds is 6. The third-order valence-electron chi connectivity index (χ3n) is 2.90. The first-order valence-corrected chi connectivity index (χ1v) is 7.31. The molecule has 108 valence electrons. The summed E-state index contributed by atoms with van der Waals surface area (Å²) in [6.07, 6.45) is 0.822. The summed E-state index contributed by atoms with van der Waals surface area (Å²) in [7, 11) is 0. The van der Waals surface area contributed by atoms with E-state index in [0.717, 1.165) is 17.5 Å². The number of thiophene rings is 1. The van der Waals surface area contributed by atoms with Gasteiger partial charge in [-0.3, -0.25) is 4.79 Å². The van der Waals surface area contributed by atoms with E-state index in [1.165, 1.54) is 0 Å². The average Bonchev–Trinajstić information content (AvgIpc) is 2.98. The summed E-state index contributed by atoms with van der Waals surface area (Å²) in [6.45, 7) is 1.93. The molecule has 0 atom stereocenters. The van der Waals surface area contributed by atoms with Crippen LogP contribution in [0.5, 0.6) is 0 Å². The van der Waals surface area contributed by atoms with Gasteiger partial charge in [0.15, 0.2) is 0 Å². The van der Waals surface area contributed by atoms with Crippen LogP contribution < -0.4 is 5.73 Å². The Kier molecular flexibility index (Phi) is 7.30. The number of hydrogen-bond acceptors (Lipinski definition) is 3. The van der Waals surface area contributed by atoms with Crippen molar-refractivity contribution >= 4 is 29.7 Å². The molecule has 0 saturated heterocycles. The zero-order chi connectivity index (χ0) is 13.5. The minimum absolute atomic E-state index is 0. The van der Waals surface area contributed by atoms with Gasteiger partial charge >= 0.3 is 0 Å². The predicted octanol–water partition coefficient (Wildman–Crippen LogP) is 3.16. The number of nitrogens with two attached hydrogens (primary N) is 1. The summed E-state index contributed by atoms with van der Waals surface area (Å²) < 4.78 is 0. The summed E-state index contributed by atoms with van der Waals surface area (Å²) in [6, 6.07) is 11.9. The molecule has 0 spiro atoms. The molecule has 0 aliphatic heterocycles. The Labute approximate surface area is 129 Å². The first-order chi connectivity index (χ1) is 9.31. The van der Waals surface area contributed by atoms with Gasteiger partial charge in [0, 0.05) is 18.5 Å². The maximum absolute atomic E-state index is 12.4. The molecule has 5 heteroatoms. The fourth-order valence-electron chi connectivity index (χ4n) is 1.91. The molecular formula is C15H19ClN2OS. The highest BCUT2D eigenvalue weighted by Gasteiger charge is 2.15. The lowest BCUT2D eigenvalue weighted by Crippen LogP contribution is -2.32. The topological polar surface area (TPSA) is 46.3 Å². The van der Waals surface area contributed by atoms with Crippen LogP contribution in [0.2, 0.25) is 0 Å². The minimum Gasteiger partial charge on any atom is -0.334 e. The molecule has 2 aromatic rings. The van der Waals surface area contributed by atoms with Crippen molar-refractivity contribution in [3.05, 3.63) is 58.3 Å². The van der Waals surface area contributed by atoms with Crippen molar-refractivity contribution in [2.75, 3.05) is 13.1 Å². The maximum atomic E-state index is 12.4. The SMILES string of the molecule is Cl.NCCCN(Cc1ccccc1)C(=O)c1ccsc1. The molecule has 1 amide bonds. The molecule has 0 radical (unpaired) electrons. The van der Waals surface area contributed by atoms with Crippen LogP contribution in [0.15, 0.2) is 47.2 Å². The molecule has 1 aromatic heterocycles. The minimum atomic E-state index is 0. The molecule has 0 unspecified atom stereocenters. The second kappa shape index (κ2) is 8.74. The zero-order valence-electron chi connectivity index (χ0n) is 11.2. The summed E-state index contributed by atoms with van der Waals surface area (Å²) in [5.74, 6) is 0.0820. The summed E-state index contributed by atoms with van der Waals surface area (Å²) in [5.41, 5.74) is 7.46. The molecule has 2 N–H and O–H groups in total. The van der Waals surface area contributed by atoms with Crippen LogP contribution in [-0.4, -0.2) is 23.9 Å². The molecule has 0 aliphatic rings. The first kappa shape index (κ1) is 16.7. The van der Waals surface area contributed by atoms with Gasteiger partial charge in [0.05, 0.1) is 5.56 Å². The highest BCUT2D eigenvalue weighted by Crippen LogP contribution is 2.13. The normalized spacial score (nSPS) is 9.85. The maximum Gasteiger partial charge on any atom is 0.254 e. The Morgan fingerprint density at radius 3 is 2.55 bits per heavy atom. The number of carbonyl (C=O) groups excluding carboxylic acids is 1. The van der Waals surface area contributed by atoms with Gasteiger partial charge in [-0.2, -0.15) is 11.3 Å². The Bertz CT molecular complexity index is 502. The van der Waals surface area contributed by atoms with E-state index in [9.17, 15) is 4.79 Å². The predicted molar refractivity (Wildman–Crippen MR) is 86.4 cm³/mol. The van der Waals surface area contributed by atoms with Crippen LogP contribution in [0.1, 0.15) is 22.3 Å². The van der Waals surface area contributed by atoms with Crippen molar-refractivity contribution in [3.8, 4) is 0 Å². The van der Waals surface area contributed by atoms with Gasteiger partial charge in [0.25, 0.3) is 5.91 Å². The molecule has 0 bridgehead atoms. The standard InChI is InChI=1S/C15H18N2OS.ClH/c16-8-4-9-17(11-13-5-2-1-3-6-13)15(18)14-7-10-19-12-14;/h1-3,5-7,10,12H,4,8-9,11,16H2;1H. The third-order valence-corrected chi connectivity index (χ3v) is 3.59. The fourth-order valence-corrected chi connectivity index (χ4v) is 2.54. The van der Waals surface area contributed by atoms with Crippen LogP contribution in [0, 0.1) is 0 Å². The highest BCUT2D eigenvalue weighted by molar-refractivity contribution is 7.08. The molecule has 0 saturated carbocycles. The average molecular weight is 311 g/mol. The van der Waals surface area contributed by atoms with Crippen molar-refractivity contribution in [1.29, 1.82) is 0 Å². The van der Waals surface area contributed by atoms with Gasteiger partial charge < -0.3 is 10.6 Å². The van der Waals surface area contributed by atoms with E-state index in [2.05, 4.69) is 0 Å². The second-order valence-electron chi connectivity index (χ2n) is 4.37. The molecule has 3 nitrogen and oxygen atoms in total. The van der Waals surface area contributed by atoms with E-state index >= 15 is 0 Å². The number of carbonyl (C=O) groups is 1. The van der Waals surface area contributed by atoms with E-state index in [4.69, 9.17) is 5.73 Å². The number of hydrogen-bond donors (Lipinski definition) is 1. The molecule has 0 aliphatic carbocycles. The number of benzene rings is 1. The lowest BCUT2D eigenvalue weighted by molar-refractivity contribution is 0.0743. The van der Waals surface area contributed by atoms with E-state index in [1.54, 1.807) is 11.3 Å². The van der Waals surface area contributed by atoms with E-state index in [-0.39, 0.29) is 18.3 Å². The van der Waals surface area contributed by atoms with Crippen molar-refractivity contribution in [1.82, 2.24) is 4.90 Å². The molecule has 1 aromatic carbocycles. The van der Waals surface area contributed by atoms with Crippen LogP contribution in [0.3, 0.4) is 0 Å². The fraction of sp³-hybridized carbons (Fsp3) is 0.267. The molecular weight excluding hydrogens is 292 g/mol. The molecule has 20 heavy (non-hydrogen) atoms. The van der Waals surface area contributed by atoms with Crippen LogP contribution >= 0.6 is 23.7 Å². The lowest BCUT2D eigenvalue weighted by Gasteiger charge is -2.22. The summed E-state index contributed by atoms with van der Waals surface area (Å²) in [5, 5.41) is 3.82. The lowest BCUT2D eigenvalue weighted by atomic mass is 10.2. The van der Waals surface area contributed by atoms with Crippen molar-refractivity contribution < 1.29 is 4.79 Å². The van der Waals surface area contributed by atoms with Crippen LogP contribution in [0.25, 0.3) is 0 Å². The Morgan fingerprint density at radius 2 is 1.95 bits per heavy atom. The second-order valence-corrected chi connectivity index (χ2v) is 5.15. The Balaban J connectivity index is 0.00000200. The summed E-state index contributed by atoms with van der Waals surface area (Å²) >= 11 is 1.54. The Hall–Kier alpha value is -1.36. The molecule has 1 heterocycles. The van der Waals surface area contributed by atoms with Gasteiger partial charge in [-0.05, 0) is 30.0 Å². The van der Waals surface area contributed by atoms with Crippen molar-refractivity contribution in [2.45, 2.75) is 13.0 Å². The smallest absolute Gasteiger partial charge is 0.254 e. The summed E-state index contributed by atoms with van der Waals surface area (Å²) in [4.78, 5) is 14.3. The van der Waals surface area contributed by atoms with E-state index in [1.807, 2.05) is 52.1 Å². The number of nitrogens with zero attached hydrogens (tertiary/aromatic N) is 1. The van der Waals surface area contributed by atoms with Gasteiger partial charge in [-0.15, -0.1) is 12.4 Å². The zero-order valence-corrected chi connectivity index (χ0v) is 12.8. The quantitative estimate of drug-likeness (QED) is 0.891. The van der Waals surface area contributed by atoms with Gasteiger partial charge in [0.1, 0.15) is 0 Å². The van der Waals surface area contributed by atoms with Gasteiger partial charge in [0.2, 0.25) is 0 Å². The monoisotopic (exact) mass is 310 g/mol.